The molecule has 8 heteroatoms. The molecule has 1 heterocycles. The van der Waals surface area contributed by atoms with Crippen LogP contribution in [-0.4, -0.2) is 43.0 Å². The molecule has 2 rings (SSSR count). The number of nitrogens with zero attached hydrogens (tertiary/aromatic N) is 2. The lowest BCUT2D eigenvalue weighted by atomic mass is 10.0. The molecule has 1 aliphatic heterocycles. The molecule has 24 heavy (non-hydrogen) atoms. The third kappa shape index (κ3) is 4.11. The molecule has 0 unspecified atom stereocenters. The number of nitriles is 1. The minimum atomic E-state index is -0.290. The Morgan fingerprint density at radius 2 is 1.96 bits per heavy atom. The monoisotopic (exact) mass is 369 g/mol. The van der Waals surface area contributed by atoms with Crippen LogP contribution in [0.3, 0.4) is 0 Å². The summed E-state index contributed by atoms with van der Waals surface area (Å²) in [5.41, 5.74) is 0.249. The molecule has 1 N–H and O–H groups in total. The second kappa shape index (κ2) is 8.22. The number of rotatable bonds is 4. The minimum Gasteiger partial charge on any atom is -0.494 e. The van der Waals surface area contributed by atoms with Crippen LogP contribution in [0.2, 0.25) is 10.0 Å². The molecule has 0 radical (unpaired) electrons. The van der Waals surface area contributed by atoms with E-state index < -0.39 is 0 Å². The molecule has 1 aliphatic rings. The van der Waals surface area contributed by atoms with Crippen molar-refractivity contribution < 1.29 is 14.3 Å². The van der Waals surface area contributed by atoms with Crippen LogP contribution >= 0.6 is 23.2 Å². The van der Waals surface area contributed by atoms with Gasteiger partial charge in [-0.2, -0.15) is 5.26 Å². The van der Waals surface area contributed by atoms with Crippen molar-refractivity contribution in [3.05, 3.63) is 27.7 Å². The van der Waals surface area contributed by atoms with E-state index in [1.165, 1.54) is 7.11 Å². The van der Waals surface area contributed by atoms with E-state index >= 15 is 0 Å². The molecule has 0 saturated carbocycles. The van der Waals surface area contributed by atoms with E-state index in [1.807, 2.05) is 6.07 Å². The van der Waals surface area contributed by atoms with Crippen LogP contribution < -0.4 is 10.1 Å². The molecule has 0 bridgehead atoms. The maximum absolute atomic E-state index is 12.8. The van der Waals surface area contributed by atoms with E-state index in [2.05, 4.69) is 5.32 Å². The number of piperidine rings is 1. The number of ether oxygens (including phenoxy) is 1. The third-order valence-corrected chi connectivity index (χ3v) is 4.48. The molecular formula is C16H17Cl2N3O3. The van der Waals surface area contributed by atoms with Gasteiger partial charge < -0.3 is 15.0 Å². The van der Waals surface area contributed by atoms with Crippen molar-refractivity contribution in [2.24, 2.45) is 0 Å². The van der Waals surface area contributed by atoms with Crippen LogP contribution in [0.25, 0.3) is 0 Å². The van der Waals surface area contributed by atoms with Gasteiger partial charge in [0, 0.05) is 19.1 Å². The molecule has 0 spiro atoms. The number of carbonyl (C=O) groups is 2. The average Bonchev–Trinajstić information content (AvgIpc) is 2.57. The van der Waals surface area contributed by atoms with Gasteiger partial charge in [-0.15, -0.1) is 0 Å². The number of carbonyl (C=O) groups excluding carboxylic acids is 2. The van der Waals surface area contributed by atoms with Gasteiger partial charge >= 0.3 is 0 Å². The molecular weight excluding hydrogens is 353 g/mol. The maximum Gasteiger partial charge on any atom is 0.259 e. The van der Waals surface area contributed by atoms with Crippen molar-refractivity contribution in [3.8, 4) is 11.8 Å². The molecule has 0 aromatic heterocycles. The Balaban J connectivity index is 2.05. The number of nitrogens with one attached hydrogen (secondary N) is 1. The van der Waals surface area contributed by atoms with E-state index in [0.717, 1.165) is 0 Å². The summed E-state index contributed by atoms with van der Waals surface area (Å²) in [5.74, 6) is -0.276. The highest BCUT2D eigenvalue weighted by Gasteiger charge is 2.28. The highest BCUT2D eigenvalue weighted by atomic mass is 35.5. The molecule has 2 amide bonds. The van der Waals surface area contributed by atoms with Gasteiger partial charge in [-0.05, 0) is 25.0 Å². The Morgan fingerprint density at radius 3 is 2.54 bits per heavy atom. The molecule has 1 aromatic carbocycles. The number of amides is 2. The molecule has 0 atom stereocenters. The third-order valence-electron chi connectivity index (χ3n) is 3.86. The Labute approximate surface area is 150 Å². The first-order chi connectivity index (χ1) is 11.5. The number of benzene rings is 1. The van der Waals surface area contributed by atoms with Crippen molar-refractivity contribution in [2.45, 2.75) is 25.3 Å². The lowest BCUT2D eigenvalue weighted by Crippen LogP contribution is -2.46. The number of halogens is 2. The SMILES string of the molecule is COc1c(Cl)ccc(Cl)c1C(=O)N1CCC(NC(=O)CC#N)CC1. The summed E-state index contributed by atoms with van der Waals surface area (Å²) < 4.78 is 5.22. The molecule has 6 nitrogen and oxygen atoms in total. The normalized spacial score (nSPS) is 14.8. The van der Waals surface area contributed by atoms with Gasteiger partial charge in [0.1, 0.15) is 12.0 Å². The zero-order chi connectivity index (χ0) is 17.7. The maximum atomic E-state index is 12.8. The Morgan fingerprint density at radius 1 is 1.33 bits per heavy atom. The van der Waals surface area contributed by atoms with E-state index in [1.54, 1.807) is 17.0 Å². The molecule has 1 aromatic rings. The summed E-state index contributed by atoms with van der Waals surface area (Å²) in [5, 5.41) is 11.9. The van der Waals surface area contributed by atoms with Crippen molar-refractivity contribution >= 4 is 35.0 Å². The molecule has 1 saturated heterocycles. The number of hydrogen-bond donors (Lipinski definition) is 1. The summed E-state index contributed by atoms with van der Waals surface area (Å²) in [6.45, 7) is 0.949. The first-order valence-corrected chi connectivity index (χ1v) is 8.21. The van der Waals surface area contributed by atoms with Gasteiger partial charge in [0.15, 0.2) is 5.75 Å². The van der Waals surface area contributed by atoms with E-state index in [4.69, 9.17) is 33.2 Å². The van der Waals surface area contributed by atoms with Crippen LogP contribution in [0.15, 0.2) is 12.1 Å². The van der Waals surface area contributed by atoms with E-state index in [0.29, 0.717) is 31.0 Å². The lowest BCUT2D eigenvalue weighted by Gasteiger charge is -2.32. The van der Waals surface area contributed by atoms with Gasteiger partial charge in [0.25, 0.3) is 5.91 Å². The van der Waals surface area contributed by atoms with Gasteiger partial charge in [-0.1, -0.05) is 23.2 Å². The number of methoxy groups -OCH3 is 1. The average molecular weight is 370 g/mol. The summed E-state index contributed by atoms with van der Waals surface area (Å²) >= 11 is 12.2. The van der Waals surface area contributed by atoms with E-state index in [9.17, 15) is 9.59 Å². The van der Waals surface area contributed by atoms with Crippen molar-refractivity contribution in [3.63, 3.8) is 0 Å². The summed E-state index contributed by atoms with van der Waals surface area (Å²) in [4.78, 5) is 25.9. The number of likely N-dealkylation sites (tertiary alicyclic amines) is 1. The highest BCUT2D eigenvalue weighted by Crippen LogP contribution is 2.35. The van der Waals surface area contributed by atoms with Crippen LogP contribution in [0.4, 0.5) is 0 Å². The van der Waals surface area contributed by atoms with E-state index in [-0.39, 0.29) is 40.6 Å². The second-order valence-corrected chi connectivity index (χ2v) is 6.22. The Kier molecular flexibility index (Phi) is 6.29. The van der Waals surface area contributed by atoms with Crippen LogP contribution in [0.1, 0.15) is 29.6 Å². The first-order valence-electron chi connectivity index (χ1n) is 7.45. The first kappa shape index (κ1) is 18.4. The smallest absolute Gasteiger partial charge is 0.259 e. The zero-order valence-corrected chi connectivity index (χ0v) is 14.7. The Hall–Kier alpha value is -1.97. The molecule has 1 fully saturated rings. The standard InChI is InChI=1S/C16H17Cl2N3O3/c1-24-15-12(18)3-2-11(17)14(15)16(23)21-8-5-10(6-9-21)20-13(22)4-7-19/h2-3,10H,4-6,8-9H2,1H3,(H,20,22). The van der Waals surface area contributed by atoms with Gasteiger partial charge in [0.05, 0.1) is 23.2 Å². The fraction of sp³-hybridized carbons (Fsp3) is 0.438. The quantitative estimate of drug-likeness (QED) is 0.883. The largest absolute Gasteiger partial charge is 0.494 e. The van der Waals surface area contributed by atoms with Gasteiger partial charge in [-0.25, -0.2) is 0 Å². The lowest BCUT2D eigenvalue weighted by molar-refractivity contribution is -0.121. The topological polar surface area (TPSA) is 82.4 Å². The molecule has 0 aliphatic carbocycles. The number of hydrogen-bond acceptors (Lipinski definition) is 4. The van der Waals surface area contributed by atoms with Crippen LogP contribution in [-0.2, 0) is 4.79 Å². The van der Waals surface area contributed by atoms with Gasteiger partial charge in [0.2, 0.25) is 5.91 Å². The van der Waals surface area contributed by atoms with Crippen molar-refractivity contribution in [1.82, 2.24) is 10.2 Å². The van der Waals surface area contributed by atoms with Gasteiger partial charge in [-0.3, -0.25) is 9.59 Å². The fourth-order valence-electron chi connectivity index (χ4n) is 2.67. The summed E-state index contributed by atoms with van der Waals surface area (Å²) in [6, 6.07) is 4.92. The predicted octanol–water partition coefficient (Wildman–Crippen LogP) is 2.64. The van der Waals surface area contributed by atoms with Crippen LogP contribution in [0.5, 0.6) is 5.75 Å². The summed E-state index contributed by atoms with van der Waals surface area (Å²) in [6.07, 6.45) is 1.07. The highest BCUT2D eigenvalue weighted by molar-refractivity contribution is 6.37. The van der Waals surface area contributed by atoms with Crippen molar-refractivity contribution in [2.75, 3.05) is 20.2 Å². The predicted molar refractivity (Wildman–Crippen MR) is 90.3 cm³/mol. The second-order valence-electron chi connectivity index (χ2n) is 5.41. The minimum absolute atomic E-state index is 0.0355. The fourth-order valence-corrected chi connectivity index (χ4v) is 3.13. The summed E-state index contributed by atoms with van der Waals surface area (Å²) in [7, 11) is 1.44. The zero-order valence-electron chi connectivity index (χ0n) is 13.1. The van der Waals surface area contributed by atoms with Crippen molar-refractivity contribution in [1.29, 1.82) is 5.26 Å². The van der Waals surface area contributed by atoms with Crippen LogP contribution in [0, 0.1) is 11.3 Å². The molecule has 128 valence electrons. The Bertz CT molecular complexity index is 680.